The summed E-state index contributed by atoms with van der Waals surface area (Å²) in [6.07, 6.45) is 7.40. The molecule has 1 amide bonds. The molecular formula is C28H36FN7O2. The Bertz CT molecular complexity index is 1500. The maximum atomic E-state index is 14.2. The largest absolute Gasteiger partial charge is 0.400 e. The normalized spacial score (nSPS) is 15.6. The molecule has 0 spiro atoms. The van der Waals surface area contributed by atoms with Crippen LogP contribution < -0.4 is 27.4 Å². The van der Waals surface area contributed by atoms with E-state index in [1.54, 1.807) is 13.0 Å². The molecule has 0 bridgehead atoms. The fraction of sp³-hybridized carbons (Fsp3) is 0.357. The van der Waals surface area contributed by atoms with Crippen LogP contribution in [0, 0.1) is 11.2 Å². The number of nitrogens with zero attached hydrogens (tertiary/aromatic N) is 2. The zero-order valence-electron chi connectivity index (χ0n) is 22.3. The Morgan fingerprint density at radius 1 is 1.32 bits per heavy atom. The molecule has 4 rings (SSSR count). The van der Waals surface area contributed by atoms with E-state index in [2.05, 4.69) is 20.3 Å². The molecule has 0 aliphatic heterocycles. The molecule has 0 radical (unpaired) electrons. The number of benzene rings is 1. The molecule has 1 fully saturated rings. The average Bonchev–Trinajstić information content (AvgIpc) is 3.56. The zero-order chi connectivity index (χ0) is 28.0. The van der Waals surface area contributed by atoms with Crippen LogP contribution in [-0.4, -0.2) is 46.1 Å². The fourth-order valence-corrected chi connectivity index (χ4v) is 4.82. The second-order valence-electron chi connectivity index (χ2n) is 9.23. The van der Waals surface area contributed by atoms with E-state index in [9.17, 15) is 9.18 Å². The lowest BCUT2D eigenvalue weighted by Gasteiger charge is -2.16. The number of H-pyrrole nitrogens is 1. The van der Waals surface area contributed by atoms with E-state index < -0.39 is 11.7 Å². The van der Waals surface area contributed by atoms with Crippen LogP contribution in [0.15, 0.2) is 29.4 Å². The monoisotopic (exact) mass is 521 g/mol. The molecule has 2 aromatic heterocycles. The van der Waals surface area contributed by atoms with Gasteiger partial charge in [0.1, 0.15) is 11.6 Å². The van der Waals surface area contributed by atoms with Gasteiger partial charge in [-0.15, -0.1) is 0 Å². The minimum Gasteiger partial charge on any atom is -0.400 e. The Hall–Kier alpha value is -4.05. The molecule has 1 aliphatic rings. The van der Waals surface area contributed by atoms with Gasteiger partial charge in [-0.1, -0.05) is 25.3 Å². The molecule has 3 aromatic rings. The maximum absolute atomic E-state index is 14.2. The van der Waals surface area contributed by atoms with Crippen molar-refractivity contribution in [2.45, 2.75) is 58.9 Å². The van der Waals surface area contributed by atoms with Gasteiger partial charge in [0.15, 0.2) is 5.70 Å². The number of aromatic nitrogens is 2. The Balaban J connectivity index is 0.00000195. The molecule has 1 aromatic carbocycles. The minimum atomic E-state index is -0.731. The van der Waals surface area contributed by atoms with Gasteiger partial charge in [0, 0.05) is 58.0 Å². The second kappa shape index (κ2) is 12.5. The van der Waals surface area contributed by atoms with Crippen molar-refractivity contribution in [1.82, 2.24) is 9.97 Å². The first kappa shape index (κ1) is 28.5. The molecule has 8 N–H and O–H groups in total. The van der Waals surface area contributed by atoms with Crippen molar-refractivity contribution in [2.75, 3.05) is 18.2 Å². The molecule has 0 saturated heterocycles. The van der Waals surface area contributed by atoms with E-state index in [4.69, 9.17) is 22.0 Å². The first-order valence-corrected chi connectivity index (χ1v) is 12.6. The molecule has 0 atom stereocenters. The predicted octanol–water partition coefficient (Wildman–Crippen LogP) is 2.93. The molecule has 38 heavy (non-hydrogen) atoms. The van der Waals surface area contributed by atoms with Crippen LogP contribution in [0.25, 0.3) is 22.2 Å². The highest BCUT2D eigenvalue weighted by atomic mass is 19.1. The Kier molecular flexibility index (Phi) is 9.35. The quantitative estimate of drug-likeness (QED) is 0.207. The van der Waals surface area contributed by atoms with E-state index in [-0.39, 0.29) is 11.7 Å². The molecule has 9 nitrogen and oxygen atoms in total. The Morgan fingerprint density at radius 2 is 2.00 bits per heavy atom. The average molecular weight is 522 g/mol. The number of nitrogens with one attached hydrogen (secondary N) is 3. The standard InChI is InChI=1S/C27H32FN7O.CH4O/c1-4-14(2)22-23-19(12-29)20(30)9-10-21(23)35-24(22)25(26(31)36)33-15(3)18-11-16(28)13-32-27(18)34-17-7-5-6-8-17;1-2/h9-13,17,29,35H,4-8,30H2,1-3H3,(H2,31,36)(H,32,34);2H,1H3/b22-14+,25-24+,29-12?,33-15?;. The van der Waals surface area contributed by atoms with Gasteiger partial charge in [-0.2, -0.15) is 0 Å². The number of fused-ring (bicyclic) bond motifs is 1. The number of hydrogen-bond acceptors (Lipinski definition) is 7. The highest BCUT2D eigenvalue weighted by Crippen LogP contribution is 2.24. The van der Waals surface area contributed by atoms with Gasteiger partial charge in [-0.05, 0) is 51.3 Å². The summed E-state index contributed by atoms with van der Waals surface area (Å²) in [7, 11) is 1.00. The minimum absolute atomic E-state index is 0.0112. The third kappa shape index (κ3) is 5.75. The van der Waals surface area contributed by atoms with Gasteiger partial charge in [0.2, 0.25) is 0 Å². The number of carbonyl (C=O) groups excluding carboxylic acids is 1. The van der Waals surface area contributed by atoms with Crippen LogP contribution in [0.5, 0.6) is 0 Å². The van der Waals surface area contributed by atoms with E-state index in [1.807, 2.05) is 19.9 Å². The van der Waals surface area contributed by atoms with Crippen molar-refractivity contribution in [3.05, 3.63) is 51.9 Å². The van der Waals surface area contributed by atoms with E-state index in [1.165, 1.54) is 18.5 Å². The molecule has 1 saturated carbocycles. The first-order chi connectivity index (χ1) is 18.2. The number of aliphatic hydroxyl groups excluding tert-OH is 1. The van der Waals surface area contributed by atoms with Crippen LogP contribution in [0.1, 0.15) is 64.0 Å². The number of pyridine rings is 1. The molecule has 2 heterocycles. The molecular weight excluding hydrogens is 485 g/mol. The summed E-state index contributed by atoms with van der Waals surface area (Å²) in [4.78, 5) is 24.9. The van der Waals surface area contributed by atoms with Gasteiger partial charge in [0.05, 0.1) is 11.5 Å². The fourth-order valence-electron chi connectivity index (χ4n) is 4.82. The number of nitrogens with two attached hydrogens (primary N) is 2. The number of rotatable bonds is 7. The summed E-state index contributed by atoms with van der Waals surface area (Å²) in [5, 5.41) is 20.2. The number of amides is 1. The number of primary amides is 1. The van der Waals surface area contributed by atoms with E-state index >= 15 is 0 Å². The van der Waals surface area contributed by atoms with E-state index in [0.29, 0.717) is 45.6 Å². The number of aliphatic hydroxyl groups is 1. The SMILES string of the molecule is CC/C(C)=c1/c(=C(\N=C(C)c2cc(F)cnc2NC2CCCC2)C(N)=O)[nH]c2ccc(N)c(C=N)c12.CO. The molecule has 0 unspecified atom stereocenters. The lowest BCUT2D eigenvalue weighted by atomic mass is 10.0. The van der Waals surface area contributed by atoms with Gasteiger partial charge in [-0.3, -0.25) is 4.79 Å². The highest BCUT2D eigenvalue weighted by molar-refractivity contribution is 6.17. The number of hydrogen-bond donors (Lipinski definition) is 6. The molecule has 202 valence electrons. The summed E-state index contributed by atoms with van der Waals surface area (Å²) in [6.45, 7) is 5.67. The Labute approximate surface area is 221 Å². The number of halogens is 1. The summed E-state index contributed by atoms with van der Waals surface area (Å²) in [6, 6.07) is 5.15. The smallest absolute Gasteiger partial charge is 0.269 e. The van der Waals surface area contributed by atoms with Crippen LogP contribution in [-0.2, 0) is 4.79 Å². The third-order valence-corrected chi connectivity index (χ3v) is 6.83. The number of anilines is 2. The van der Waals surface area contributed by atoms with Crippen LogP contribution in [0.2, 0.25) is 0 Å². The first-order valence-electron chi connectivity index (χ1n) is 12.6. The van der Waals surface area contributed by atoms with Gasteiger partial charge in [0.25, 0.3) is 5.91 Å². The summed E-state index contributed by atoms with van der Waals surface area (Å²) < 4.78 is 14.2. The predicted molar refractivity (Wildman–Crippen MR) is 152 cm³/mol. The number of carbonyl (C=O) groups is 1. The van der Waals surface area contributed by atoms with Crippen LogP contribution >= 0.6 is 0 Å². The summed E-state index contributed by atoms with van der Waals surface area (Å²) in [5.41, 5.74) is 15.6. The lowest BCUT2D eigenvalue weighted by Crippen LogP contribution is -2.32. The number of nitrogen functional groups attached to an aromatic ring is 1. The summed E-state index contributed by atoms with van der Waals surface area (Å²) in [5.74, 6) is -0.699. The molecule has 10 heteroatoms. The maximum Gasteiger partial charge on any atom is 0.269 e. The highest BCUT2D eigenvalue weighted by Gasteiger charge is 2.20. The van der Waals surface area contributed by atoms with Gasteiger partial charge in [-0.25, -0.2) is 14.4 Å². The van der Waals surface area contributed by atoms with Crippen molar-refractivity contribution in [3.63, 3.8) is 0 Å². The number of aromatic amines is 1. The Morgan fingerprint density at radius 3 is 2.61 bits per heavy atom. The lowest BCUT2D eigenvalue weighted by molar-refractivity contribution is -0.113. The van der Waals surface area contributed by atoms with Crippen molar-refractivity contribution >= 4 is 51.5 Å². The molecule has 1 aliphatic carbocycles. The summed E-state index contributed by atoms with van der Waals surface area (Å²) >= 11 is 0. The van der Waals surface area contributed by atoms with Gasteiger partial charge < -0.3 is 32.3 Å². The van der Waals surface area contributed by atoms with Crippen LogP contribution in [0.4, 0.5) is 15.9 Å². The van der Waals surface area contributed by atoms with Crippen molar-refractivity contribution in [3.8, 4) is 0 Å². The van der Waals surface area contributed by atoms with Crippen molar-refractivity contribution in [2.24, 2.45) is 10.7 Å². The third-order valence-electron chi connectivity index (χ3n) is 6.83. The van der Waals surface area contributed by atoms with Crippen molar-refractivity contribution < 1.29 is 14.3 Å². The topological polar surface area (TPSA) is 166 Å². The number of aliphatic imine (C=N–C) groups is 1. The van der Waals surface area contributed by atoms with Crippen molar-refractivity contribution in [1.29, 1.82) is 5.41 Å². The second-order valence-corrected chi connectivity index (χ2v) is 9.23. The zero-order valence-corrected chi connectivity index (χ0v) is 22.3. The van der Waals surface area contributed by atoms with Gasteiger partial charge >= 0.3 is 0 Å². The van der Waals surface area contributed by atoms with Crippen LogP contribution in [0.3, 0.4) is 0 Å². The van der Waals surface area contributed by atoms with E-state index in [0.717, 1.165) is 49.0 Å².